The summed E-state index contributed by atoms with van der Waals surface area (Å²) in [5.41, 5.74) is 8.97. The number of aryl methyl sites for hydroxylation is 2. The summed E-state index contributed by atoms with van der Waals surface area (Å²) >= 11 is 0. The van der Waals surface area contributed by atoms with E-state index < -0.39 is 0 Å². The molecule has 154 valence electrons. The molecule has 0 fully saturated rings. The summed E-state index contributed by atoms with van der Waals surface area (Å²) in [4.78, 5) is 16.2. The van der Waals surface area contributed by atoms with Crippen molar-refractivity contribution < 1.29 is 4.79 Å². The topological polar surface area (TPSA) is 72.2 Å². The van der Waals surface area contributed by atoms with Gasteiger partial charge in [0, 0.05) is 29.7 Å². The molecular weight excluding hydrogens is 386 g/mol. The first kappa shape index (κ1) is 20.2. The fraction of sp³-hybridized carbons (Fsp3) is 0.120. The first-order chi connectivity index (χ1) is 15.2. The van der Waals surface area contributed by atoms with Crippen LogP contribution in [0.3, 0.4) is 0 Å². The van der Waals surface area contributed by atoms with Crippen LogP contribution in [0.4, 0.5) is 0 Å². The van der Waals surface area contributed by atoms with E-state index in [1.54, 1.807) is 24.5 Å². The molecule has 4 rings (SSSR count). The Labute approximate surface area is 181 Å². The molecule has 0 saturated carbocycles. The van der Waals surface area contributed by atoms with E-state index in [9.17, 15) is 4.79 Å². The highest BCUT2D eigenvalue weighted by atomic mass is 16.2. The van der Waals surface area contributed by atoms with Crippen LogP contribution in [0.25, 0.3) is 16.9 Å². The lowest BCUT2D eigenvalue weighted by Crippen LogP contribution is -2.17. The average Bonchev–Trinajstić information content (AvgIpc) is 3.23. The van der Waals surface area contributed by atoms with Crippen LogP contribution in [0.5, 0.6) is 0 Å². The van der Waals surface area contributed by atoms with E-state index in [0.29, 0.717) is 5.56 Å². The van der Waals surface area contributed by atoms with Crippen molar-refractivity contribution in [1.29, 1.82) is 0 Å². The number of benzene rings is 2. The van der Waals surface area contributed by atoms with Crippen molar-refractivity contribution in [3.05, 3.63) is 102 Å². The number of hydrogen-bond donors (Lipinski definition) is 1. The number of hydrogen-bond acceptors (Lipinski definition) is 4. The van der Waals surface area contributed by atoms with Crippen molar-refractivity contribution in [2.75, 3.05) is 0 Å². The predicted molar refractivity (Wildman–Crippen MR) is 122 cm³/mol. The summed E-state index contributed by atoms with van der Waals surface area (Å²) in [6, 6.07) is 19.8. The number of carbonyl (C=O) groups excluding carboxylic acids is 1. The monoisotopic (exact) mass is 409 g/mol. The van der Waals surface area contributed by atoms with Crippen LogP contribution < -0.4 is 5.43 Å². The Kier molecular flexibility index (Phi) is 5.98. The van der Waals surface area contributed by atoms with Crippen molar-refractivity contribution >= 4 is 12.1 Å². The highest BCUT2D eigenvalue weighted by molar-refractivity contribution is 5.95. The van der Waals surface area contributed by atoms with E-state index in [2.05, 4.69) is 59.7 Å². The first-order valence-electron chi connectivity index (χ1n) is 10.1. The number of rotatable bonds is 6. The van der Waals surface area contributed by atoms with Crippen molar-refractivity contribution in [3.63, 3.8) is 0 Å². The minimum absolute atomic E-state index is 0.315. The number of hydrazone groups is 1. The fourth-order valence-electron chi connectivity index (χ4n) is 3.27. The Balaban J connectivity index is 1.67. The van der Waals surface area contributed by atoms with Crippen LogP contribution in [0.1, 0.15) is 34.0 Å². The molecule has 0 unspecified atom stereocenters. The second kappa shape index (κ2) is 9.17. The maximum atomic E-state index is 12.2. The van der Waals surface area contributed by atoms with E-state index >= 15 is 0 Å². The highest BCUT2D eigenvalue weighted by Gasteiger charge is 2.12. The number of pyridine rings is 1. The number of nitrogens with one attached hydrogen (secondary N) is 1. The lowest BCUT2D eigenvalue weighted by atomic mass is 10.1. The van der Waals surface area contributed by atoms with Crippen molar-refractivity contribution in [3.8, 4) is 16.9 Å². The molecule has 0 aliphatic carbocycles. The molecule has 2 heterocycles. The molecule has 1 N–H and O–H groups in total. The quantitative estimate of drug-likeness (QED) is 0.375. The molecule has 0 atom stereocenters. The number of amides is 1. The summed E-state index contributed by atoms with van der Waals surface area (Å²) in [5.74, 6) is -0.315. The van der Waals surface area contributed by atoms with Gasteiger partial charge in [-0.15, -0.1) is 0 Å². The maximum absolute atomic E-state index is 12.2. The molecule has 6 nitrogen and oxygen atoms in total. The van der Waals surface area contributed by atoms with E-state index in [4.69, 9.17) is 5.10 Å². The number of nitrogens with zero attached hydrogens (tertiary/aromatic N) is 4. The van der Waals surface area contributed by atoms with Gasteiger partial charge in [0.25, 0.3) is 5.91 Å². The van der Waals surface area contributed by atoms with Gasteiger partial charge in [0.15, 0.2) is 0 Å². The maximum Gasteiger partial charge on any atom is 0.272 e. The summed E-state index contributed by atoms with van der Waals surface area (Å²) in [6.45, 7) is 4.18. The number of carbonyl (C=O) groups is 1. The van der Waals surface area contributed by atoms with Gasteiger partial charge >= 0.3 is 0 Å². The third-order valence-corrected chi connectivity index (χ3v) is 5.03. The SMILES string of the molecule is CCc1ccc(-c2nn(-c3ccccc3C)cc2/C=N\NC(=O)c2cccnc2)cc1. The molecule has 0 spiro atoms. The Hall–Kier alpha value is -4.06. The Morgan fingerprint density at radius 1 is 1.10 bits per heavy atom. The van der Waals surface area contributed by atoms with Crippen molar-refractivity contribution in [1.82, 2.24) is 20.2 Å². The van der Waals surface area contributed by atoms with Crippen LogP contribution in [-0.4, -0.2) is 26.9 Å². The van der Waals surface area contributed by atoms with E-state index in [-0.39, 0.29) is 5.91 Å². The first-order valence-corrected chi connectivity index (χ1v) is 10.1. The lowest BCUT2D eigenvalue weighted by molar-refractivity contribution is 0.0955. The Bertz CT molecular complexity index is 1210. The highest BCUT2D eigenvalue weighted by Crippen LogP contribution is 2.24. The molecule has 4 aromatic rings. The predicted octanol–water partition coefficient (Wildman–Crippen LogP) is 4.57. The van der Waals surface area contributed by atoms with E-state index in [0.717, 1.165) is 34.5 Å². The molecule has 0 saturated heterocycles. The molecule has 6 heteroatoms. The molecule has 2 aromatic heterocycles. The van der Waals surface area contributed by atoms with E-state index in [1.807, 2.05) is 29.1 Å². The second-order valence-corrected chi connectivity index (χ2v) is 7.16. The average molecular weight is 409 g/mol. The van der Waals surface area contributed by atoms with Gasteiger partial charge in [0.1, 0.15) is 5.69 Å². The zero-order valence-corrected chi connectivity index (χ0v) is 17.5. The summed E-state index contributed by atoms with van der Waals surface area (Å²) in [7, 11) is 0. The van der Waals surface area contributed by atoms with Gasteiger partial charge in [-0.25, -0.2) is 10.1 Å². The fourth-order valence-corrected chi connectivity index (χ4v) is 3.27. The molecule has 31 heavy (non-hydrogen) atoms. The van der Waals surface area contributed by atoms with Gasteiger partial charge in [0.2, 0.25) is 0 Å². The minimum atomic E-state index is -0.315. The van der Waals surface area contributed by atoms with Gasteiger partial charge in [-0.2, -0.15) is 10.2 Å². The number of para-hydroxylation sites is 1. The van der Waals surface area contributed by atoms with Crippen molar-refractivity contribution in [2.24, 2.45) is 5.10 Å². The summed E-state index contributed by atoms with van der Waals surface area (Å²) in [6.07, 6.45) is 7.65. The van der Waals surface area contributed by atoms with Crippen LogP contribution in [0.2, 0.25) is 0 Å². The van der Waals surface area contributed by atoms with Crippen LogP contribution in [0, 0.1) is 6.92 Å². The third kappa shape index (κ3) is 4.59. The van der Waals surface area contributed by atoms with Gasteiger partial charge in [-0.3, -0.25) is 9.78 Å². The lowest BCUT2D eigenvalue weighted by Gasteiger charge is -2.05. The van der Waals surface area contributed by atoms with Gasteiger partial charge in [-0.05, 0) is 42.7 Å². The van der Waals surface area contributed by atoms with Crippen molar-refractivity contribution in [2.45, 2.75) is 20.3 Å². The third-order valence-electron chi connectivity index (χ3n) is 5.03. The summed E-state index contributed by atoms with van der Waals surface area (Å²) < 4.78 is 1.85. The molecule has 2 aromatic carbocycles. The molecule has 0 radical (unpaired) electrons. The number of aromatic nitrogens is 3. The largest absolute Gasteiger partial charge is 0.272 e. The zero-order chi connectivity index (χ0) is 21.6. The summed E-state index contributed by atoms with van der Waals surface area (Å²) in [5, 5.41) is 8.99. The van der Waals surface area contributed by atoms with Gasteiger partial charge < -0.3 is 0 Å². The van der Waals surface area contributed by atoms with Crippen LogP contribution >= 0.6 is 0 Å². The smallest absolute Gasteiger partial charge is 0.267 e. The van der Waals surface area contributed by atoms with Gasteiger partial charge in [-0.1, -0.05) is 49.4 Å². The Morgan fingerprint density at radius 2 is 1.90 bits per heavy atom. The molecule has 0 bridgehead atoms. The second-order valence-electron chi connectivity index (χ2n) is 7.16. The van der Waals surface area contributed by atoms with E-state index in [1.165, 1.54) is 11.8 Å². The molecule has 0 aliphatic heterocycles. The Morgan fingerprint density at radius 3 is 2.61 bits per heavy atom. The molecular formula is C25H23N5O. The van der Waals surface area contributed by atoms with Crippen LogP contribution in [-0.2, 0) is 6.42 Å². The normalized spacial score (nSPS) is 11.0. The zero-order valence-electron chi connectivity index (χ0n) is 17.5. The molecule has 1 amide bonds. The molecule has 0 aliphatic rings. The standard InChI is InChI=1S/C25H23N5O/c1-3-19-10-12-20(13-11-19)24-22(16-27-28-25(31)21-8-6-14-26-15-21)17-30(29-24)23-9-5-4-7-18(23)2/h4-17H,3H2,1-2H3,(H,28,31)/b27-16-. The minimum Gasteiger partial charge on any atom is -0.267 e. The van der Waals surface area contributed by atoms with Gasteiger partial charge in [0.05, 0.1) is 17.5 Å². The van der Waals surface area contributed by atoms with Crippen LogP contribution in [0.15, 0.2) is 84.4 Å².